The van der Waals surface area contributed by atoms with Crippen molar-refractivity contribution in [1.82, 2.24) is 9.03 Å². The highest BCUT2D eigenvalue weighted by molar-refractivity contribution is 7.87. The maximum atomic E-state index is 12.0. The fraction of sp³-hybridized carbons (Fsp3) is 1.00. The van der Waals surface area contributed by atoms with Crippen molar-refractivity contribution >= 4 is 10.2 Å². The highest BCUT2D eigenvalue weighted by Crippen LogP contribution is 2.28. The van der Waals surface area contributed by atoms with Gasteiger partial charge >= 0.3 is 0 Å². The van der Waals surface area contributed by atoms with Crippen LogP contribution in [-0.4, -0.2) is 44.6 Å². The quantitative estimate of drug-likeness (QED) is 0.780. The van der Waals surface area contributed by atoms with Crippen molar-refractivity contribution < 1.29 is 13.2 Å². The van der Waals surface area contributed by atoms with Gasteiger partial charge in [0, 0.05) is 19.6 Å². The van der Waals surface area contributed by atoms with E-state index in [1.54, 1.807) is 0 Å². The summed E-state index contributed by atoms with van der Waals surface area (Å²) in [6, 6.07) is 0. The van der Waals surface area contributed by atoms with Gasteiger partial charge in [-0.3, -0.25) is 0 Å². The molecule has 1 heterocycles. The largest absolute Gasteiger partial charge is 0.373 e. The van der Waals surface area contributed by atoms with E-state index in [1.807, 2.05) is 13.8 Å². The second kappa shape index (κ2) is 4.60. The van der Waals surface area contributed by atoms with Crippen molar-refractivity contribution in [3.63, 3.8) is 0 Å². The zero-order valence-corrected chi connectivity index (χ0v) is 10.7. The Morgan fingerprint density at radius 3 is 2.31 bits per heavy atom. The van der Waals surface area contributed by atoms with E-state index in [0.717, 1.165) is 12.8 Å². The van der Waals surface area contributed by atoms with Crippen LogP contribution in [0.1, 0.15) is 26.7 Å². The summed E-state index contributed by atoms with van der Waals surface area (Å²) in [7, 11) is -3.30. The van der Waals surface area contributed by atoms with Gasteiger partial charge in [-0.1, -0.05) is 0 Å². The predicted octanol–water partition coefficient (Wildman–Crippen LogP) is 0.340. The fourth-order valence-electron chi connectivity index (χ4n) is 1.96. The van der Waals surface area contributed by atoms with Crippen LogP contribution in [0.2, 0.25) is 0 Å². The first kappa shape index (κ1) is 12.3. The van der Waals surface area contributed by atoms with Crippen LogP contribution in [0.25, 0.3) is 0 Å². The average Bonchev–Trinajstić information content (AvgIpc) is 2.96. The van der Waals surface area contributed by atoms with Crippen LogP contribution in [0.5, 0.6) is 0 Å². The van der Waals surface area contributed by atoms with E-state index in [2.05, 4.69) is 4.72 Å². The minimum absolute atomic E-state index is 0.0266. The van der Waals surface area contributed by atoms with E-state index in [1.165, 1.54) is 4.31 Å². The Labute approximate surface area is 97.3 Å². The molecule has 0 amide bonds. The monoisotopic (exact) mass is 248 g/mol. The van der Waals surface area contributed by atoms with Crippen LogP contribution in [0.15, 0.2) is 0 Å². The molecule has 0 aromatic carbocycles. The van der Waals surface area contributed by atoms with Gasteiger partial charge in [-0.2, -0.15) is 12.7 Å². The molecule has 1 N–H and O–H groups in total. The Morgan fingerprint density at radius 2 is 1.81 bits per heavy atom. The van der Waals surface area contributed by atoms with Crippen LogP contribution in [0.4, 0.5) is 0 Å². The molecule has 16 heavy (non-hydrogen) atoms. The van der Waals surface area contributed by atoms with Gasteiger partial charge < -0.3 is 4.74 Å². The van der Waals surface area contributed by atoms with Crippen LogP contribution < -0.4 is 4.72 Å². The lowest BCUT2D eigenvalue weighted by Crippen LogP contribution is -2.52. The van der Waals surface area contributed by atoms with Gasteiger partial charge in [-0.25, -0.2) is 4.72 Å². The second-order valence-corrected chi connectivity index (χ2v) is 6.63. The van der Waals surface area contributed by atoms with E-state index >= 15 is 0 Å². The molecule has 6 heteroatoms. The van der Waals surface area contributed by atoms with Crippen molar-refractivity contribution in [2.75, 3.05) is 19.6 Å². The summed E-state index contributed by atoms with van der Waals surface area (Å²) in [5, 5.41) is 0. The van der Waals surface area contributed by atoms with E-state index < -0.39 is 10.2 Å². The van der Waals surface area contributed by atoms with E-state index in [9.17, 15) is 8.42 Å². The summed E-state index contributed by atoms with van der Waals surface area (Å²) in [5.74, 6) is 0.561. The first-order chi connectivity index (χ1) is 7.47. The number of rotatable bonds is 4. The third kappa shape index (κ3) is 3.16. The first-order valence-corrected chi connectivity index (χ1v) is 7.31. The topological polar surface area (TPSA) is 58.6 Å². The Hall–Kier alpha value is -0.170. The van der Waals surface area contributed by atoms with Gasteiger partial charge in [0.1, 0.15) is 0 Å². The molecular weight excluding hydrogens is 228 g/mol. The van der Waals surface area contributed by atoms with E-state index in [-0.39, 0.29) is 12.2 Å². The van der Waals surface area contributed by atoms with Crippen molar-refractivity contribution in [1.29, 1.82) is 0 Å². The normalized spacial score (nSPS) is 32.9. The second-order valence-electron chi connectivity index (χ2n) is 4.87. The number of ether oxygens (including phenoxy) is 1. The Balaban J connectivity index is 1.92. The molecule has 0 unspecified atom stereocenters. The summed E-state index contributed by atoms with van der Waals surface area (Å²) in [5.41, 5.74) is 0. The van der Waals surface area contributed by atoms with E-state index in [4.69, 9.17) is 4.74 Å². The molecular formula is C10H20N2O3S. The van der Waals surface area contributed by atoms with Crippen LogP contribution in [-0.2, 0) is 14.9 Å². The molecule has 0 radical (unpaired) electrons. The maximum Gasteiger partial charge on any atom is 0.279 e. The summed E-state index contributed by atoms with van der Waals surface area (Å²) in [6.45, 7) is 5.29. The van der Waals surface area contributed by atoms with Crippen LogP contribution in [0.3, 0.4) is 0 Å². The Bertz CT molecular complexity index is 330. The zero-order chi connectivity index (χ0) is 11.8. The predicted molar refractivity (Wildman–Crippen MR) is 61.2 cm³/mol. The van der Waals surface area contributed by atoms with Gasteiger partial charge in [0.25, 0.3) is 10.2 Å². The van der Waals surface area contributed by atoms with Crippen molar-refractivity contribution in [2.24, 2.45) is 5.92 Å². The molecule has 0 bridgehead atoms. The molecule has 2 rings (SSSR count). The van der Waals surface area contributed by atoms with Gasteiger partial charge in [0.15, 0.2) is 0 Å². The summed E-state index contributed by atoms with van der Waals surface area (Å²) >= 11 is 0. The molecule has 5 nitrogen and oxygen atoms in total. The van der Waals surface area contributed by atoms with Gasteiger partial charge in [0.2, 0.25) is 0 Å². The third-order valence-corrected chi connectivity index (χ3v) is 4.49. The number of hydrogen-bond donors (Lipinski definition) is 1. The SMILES string of the molecule is C[C@H]1CN(S(=O)(=O)NCC2CC2)C[C@H](C)O1. The van der Waals surface area contributed by atoms with Gasteiger partial charge in [0.05, 0.1) is 12.2 Å². The molecule has 0 aromatic heterocycles. The van der Waals surface area contributed by atoms with Crippen LogP contribution >= 0.6 is 0 Å². The molecule has 2 aliphatic rings. The first-order valence-electron chi connectivity index (χ1n) is 5.87. The number of hydrogen-bond acceptors (Lipinski definition) is 3. The summed E-state index contributed by atoms with van der Waals surface area (Å²) in [6.07, 6.45) is 2.25. The molecule has 0 spiro atoms. The third-order valence-electron chi connectivity index (χ3n) is 2.98. The fourth-order valence-corrected chi connectivity index (χ4v) is 3.40. The minimum Gasteiger partial charge on any atom is -0.373 e. The molecule has 2 fully saturated rings. The smallest absolute Gasteiger partial charge is 0.279 e. The highest BCUT2D eigenvalue weighted by Gasteiger charge is 2.32. The molecule has 2 atom stereocenters. The molecule has 94 valence electrons. The minimum atomic E-state index is -3.30. The number of nitrogens with one attached hydrogen (secondary N) is 1. The van der Waals surface area contributed by atoms with Crippen molar-refractivity contribution in [2.45, 2.75) is 38.9 Å². The Morgan fingerprint density at radius 1 is 1.25 bits per heavy atom. The molecule has 1 aliphatic carbocycles. The Kier molecular flexibility index (Phi) is 3.53. The molecule has 1 saturated heterocycles. The standard InChI is InChI=1S/C10H20N2O3S/c1-8-6-12(7-9(2)15-8)16(13,14)11-5-10-3-4-10/h8-11H,3-7H2,1-2H3/t8-,9-/m0/s1. The number of nitrogens with zero attached hydrogens (tertiary/aromatic N) is 1. The average molecular weight is 248 g/mol. The van der Waals surface area contributed by atoms with Gasteiger partial charge in [-0.15, -0.1) is 0 Å². The van der Waals surface area contributed by atoms with Crippen LogP contribution in [0, 0.1) is 5.92 Å². The number of morpholine rings is 1. The maximum absolute atomic E-state index is 12.0. The van der Waals surface area contributed by atoms with E-state index in [0.29, 0.717) is 25.6 Å². The molecule has 1 saturated carbocycles. The molecule has 0 aromatic rings. The summed E-state index contributed by atoms with van der Waals surface area (Å²) < 4.78 is 33.6. The van der Waals surface area contributed by atoms with Crippen molar-refractivity contribution in [3.05, 3.63) is 0 Å². The lowest BCUT2D eigenvalue weighted by Gasteiger charge is -2.34. The lowest BCUT2D eigenvalue weighted by molar-refractivity contribution is -0.0443. The summed E-state index contributed by atoms with van der Waals surface area (Å²) in [4.78, 5) is 0. The lowest BCUT2D eigenvalue weighted by atomic mass is 10.3. The molecule has 1 aliphatic heterocycles. The zero-order valence-electron chi connectivity index (χ0n) is 9.85. The highest BCUT2D eigenvalue weighted by atomic mass is 32.2. The van der Waals surface area contributed by atoms with Gasteiger partial charge in [-0.05, 0) is 32.6 Å². The van der Waals surface area contributed by atoms with Crippen molar-refractivity contribution in [3.8, 4) is 0 Å².